The van der Waals surface area contributed by atoms with E-state index in [9.17, 15) is 9.90 Å². The van der Waals surface area contributed by atoms with Gasteiger partial charge < -0.3 is 15.7 Å². The van der Waals surface area contributed by atoms with E-state index in [1.807, 2.05) is 0 Å². The topological polar surface area (TPSA) is 66.6 Å². The number of nitrogens with two attached hydrogens (primary N) is 1. The van der Waals surface area contributed by atoms with Gasteiger partial charge in [-0.3, -0.25) is 4.79 Å². The van der Waals surface area contributed by atoms with Crippen LogP contribution in [0.5, 0.6) is 5.75 Å². The molecule has 0 spiro atoms. The van der Waals surface area contributed by atoms with Crippen LogP contribution in [0.3, 0.4) is 0 Å². The number of phenolic OH excluding ortho intramolecular Hbond substituents is 1. The molecule has 1 unspecified atom stereocenters. The maximum Gasteiger partial charge on any atom is 0.220 e. The molecule has 0 aliphatic rings. The van der Waals surface area contributed by atoms with Gasteiger partial charge in [0.25, 0.3) is 0 Å². The Morgan fingerprint density at radius 2 is 2.19 bits per heavy atom. The summed E-state index contributed by atoms with van der Waals surface area (Å²) in [7, 11) is 1.62. The van der Waals surface area contributed by atoms with Crippen molar-refractivity contribution in [3.63, 3.8) is 0 Å². The fraction of sp³-hybridized carbons (Fsp3) is 0.273. The molecule has 0 radical (unpaired) electrons. The molecule has 3 N–H and O–H groups in total. The van der Waals surface area contributed by atoms with Gasteiger partial charge in [-0.1, -0.05) is 24.4 Å². The number of carbonyl (C=O) groups excluding carboxylic acids is 1. The highest BCUT2D eigenvalue weighted by atomic mass is 32.1. The number of nitrogens with zero attached hydrogens (tertiary/aromatic N) is 1. The molecule has 0 aromatic heterocycles. The lowest BCUT2D eigenvalue weighted by Gasteiger charge is -2.26. The van der Waals surface area contributed by atoms with E-state index in [2.05, 4.69) is 0 Å². The van der Waals surface area contributed by atoms with E-state index < -0.39 is 6.04 Å². The maximum atomic E-state index is 11.3. The summed E-state index contributed by atoms with van der Waals surface area (Å²) in [4.78, 5) is 12.9. The summed E-state index contributed by atoms with van der Waals surface area (Å²) >= 11 is 4.94. The number of hydrogen-bond acceptors (Lipinski definition) is 3. The number of phenols is 1. The van der Waals surface area contributed by atoms with Crippen molar-refractivity contribution in [3.05, 3.63) is 29.8 Å². The molecule has 0 fully saturated rings. The van der Waals surface area contributed by atoms with Crippen LogP contribution in [0.25, 0.3) is 0 Å². The first kappa shape index (κ1) is 12.4. The molecule has 0 bridgehead atoms. The van der Waals surface area contributed by atoms with Crippen molar-refractivity contribution in [1.29, 1.82) is 0 Å². The molecule has 16 heavy (non-hydrogen) atoms. The summed E-state index contributed by atoms with van der Waals surface area (Å²) in [5.41, 5.74) is 6.31. The first-order chi connectivity index (χ1) is 7.43. The number of amides is 1. The summed E-state index contributed by atoms with van der Waals surface area (Å²) in [6.45, 7) is 1.44. The summed E-state index contributed by atoms with van der Waals surface area (Å²) in [5.74, 6) is -0.0168. The highest BCUT2D eigenvalue weighted by molar-refractivity contribution is 7.80. The van der Waals surface area contributed by atoms with Gasteiger partial charge in [-0.15, -0.1) is 0 Å². The SMILES string of the molecule is CC(=O)N(C)C(C(N)=S)c1cccc(O)c1. The standard InChI is InChI=1S/C11H14N2O2S/c1-7(14)13(2)10(11(12)16)8-4-3-5-9(15)6-8/h3-6,10,15H,1-2H3,(H2,12,16). The molecule has 0 saturated carbocycles. The minimum atomic E-state index is -0.486. The van der Waals surface area contributed by atoms with Gasteiger partial charge in [0.2, 0.25) is 5.91 Å². The molecule has 0 aliphatic carbocycles. The molecular weight excluding hydrogens is 224 g/mol. The van der Waals surface area contributed by atoms with Crippen LogP contribution in [0.4, 0.5) is 0 Å². The Balaban J connectivity index is 3.12. The van der Waals surface area contributed by atoms with Crippen molar-refractivity contribution in [3.8, 4) is 5.75 Å². The summed E-state index contributed by atoms with van der Waals surface area (Å²) in [5, 5.41) is 9.38. The van der Waals surface area contributed by atoms with Gasteiger partial charge >= 0.3 is 0 Å². The molecule has 86 valence electrons. The normalized spacial score (nSPS) is 11.9. The molecule has 0 heterocycles. The number of rotatable bonds is 3. The highest BCUT2D eigenvalue weighted by Gasteiger charge is 2.22. The van der Waals surface area contributed by atoms with Gasteiger partial charge in [-0.25, -0.2) is 0 Å². The number of aromatic hydroxyl groups is 1. The molecule has 5 heteroatoms. The lowest BCUT2D eigenvalue weighted by atomic mass is 10.1. The Labute approximate surface area is 99.7 Å². The summed E-state index contributed by atoms with van der Waals surface area (Å²) in [6, 6.07) is 6.06. The Morgan fingerprint density at radius 3 is 2.62 bits per heavy atom. The van der Waals surface area contributed by atoms with Crippen LogP contribution >= 0.6 is 12.2 Å². The fourth-order valence-corrected chi connectivity index (χ4v) is 1.75. The number of benzene rings is 1. The molecule has 4 nitrogen and oxygen atoms in total. The molecule has 1 aromatic carbocycles. The summed E-state index contributed by atoms with van der Waals surface area (Å²) in [6.07, 6.45) is 0. The average molecular weight is 238 g/mol. The Hall–Kier alpha value is -1.62. The van der Waals surface area contributed by atoms with Crippen molar-refractivity contribution in [2.24, 2.45) is 5.73 Å². The first-order valence-corrected chi connectivity index (χ1v) is 5.16. The maximum absolute atomic E-state index is 11.3. The van der Waals surface area contributed by atoms with Gasteiger partial charge in [0.15, 0.2) is 0 Å². The van der Waals surface area contributed by atoms with Crippen LogP contribution in [0, 0.1) is 0 Å². The lowest BCUT2D eigenvalue weighted by Crippen LogP contribution is -2.36. The van der Waals surface area contributed by atoms with E-state index >= 15 is 0 Å². The van der Waals surface area contributed by atoms with E-state index in [1.165, 1.54) is 11.8 Å². The average Bonchev–Trinajstić information content (AvgIpc) is 2.17. The van der Waals surface area contributed by atoms with Crippen LogP contribution in [0.15, 0.2) is 24.3 Å². The third-order valence-corrected chi connectivity index (χ3v) is 2.56. The minimum Gasteiger partial charge on any atom is -0.508 e. The van der Waals surface area contributed by atoms with Gasteiger partial charge in [-0.2, -0.15) is 0 Å². The number of likely N-dealkylation sites (N-methyl/N-ethyl adjacent to an activating group) is 1. The van der Waals surface area contributed by atoms with Gasteiger partial charge in [-0.05, 0) is 17.7 Å². The van der Waals surface area contributed by atoms with Crippen LogP contribution in [0.1, 0.15) is 18.5 Å². The Bertz CT molecular complexity index is 420. The van der Waals surface area contributed by atoms with Crippen molar-refractivity contribution < 1.29 is 9.90 Å². The van der Waals surface area contributed by atoms with Gasteiger partial charge in [0, 0.05) is 14.0 Å². The second kappa shape index (κ2) is 4.94. The van der Waals surface area contributed by atoms with Crippen LogP contribution < -0.4 is 5.73 Å². The quantitative estimate of drug-likeness (QED) is 0.776. The zero-order valence-corrected chi connectivity index (χ0v) is 9.99. The minimum absolute atomic E-state index is 0.121. The predicted octanol–water partition coefficient (Wildman–Crippen LogP) is 1.20. The second-order valence-corrected chi connectivity index (χ2v) is 4.00. The van der Waals surface area contributed by atoms with E-state index in [1.54, 1.807) is 31.3 Å². The van der Waals surface area contributed by atoms with Crippen LogP contribution in [-0.2, 0) is 4.79 Å². The van der Waals surface area contributed by atoms with E-state index in [0.29, 0.717) is 5.56 Å². The largest absolute Gasteiger partial charge is 0.508 e. The summed E-state index contributed by atoms with van der Waals surface area (Å²) < 4.78 is 0. The van der Waals surface area contributed by atoms with Crippen molar-refractivity contribution >= 4 is 23.1 Å². The molecule has 0 aliphatic heterocycles. The number of hydrogen-bond donors (Lipinski definition) is 2. The third-order valence-electron chi connectivity index (χ3n) is 2.34. The molecule has 0 saturated heterocycles. The Kier molecular flexibility index (Phi) is 3.84. The molecule has 1 amide bonds. The predicted molar refractivity (Wildman–Crippen MR) is 66.1 cm³/mol. The van der Waals surface area contributed by atoms with E-state index in [-0.39, 0.29) is 16.6 Å². The Morgan fingerprint density at radius 1 is 1.56 bits per heavy atom. The molecule has 1 aromatic rings. The zero-order valence-electron chi connectivity index (χ0n) is 9.18. The van der Waals surface area contributed by atoms with Crippen LogP contribution in [0.2, 0.25) is 0 Å². The van der Waals surface area contributed by atoms with Crippen molar-refractivity contribution in [2.75, 3.05) is 7.05 Å². The monoisotopic (exact) mass is 238 g/mol. The molecule has 1 atom stereocenters. The van der Waals surface area contributed by atoms with Crippen molar-refractivity contribution in [1.82, 2.24) is 4.90 Å². The smallest absolute Gasteiger partial charge is 0.220 e. The van der Waals surface area contributed by atoms with Gasteiger partial charge in [0.1, 0.15) is 16.8 Å². The van der Waals surface area contributed by atoms with Crippen molar-refractivity contribution in [2.45, 2.75) is 13.0 Å². The number of thiocarbonyl (C=S) groups is 1. The number of carbonyl (C=O) groups is 1. The third kappa shape index (κ3) is 2.70. The van der Waals surface area contributed by atoms with E-state index in [0.717, 1.165) is 0 Å². The molecular formula is C11H14N2O2S. The van der Waals surface area contributed by atoms with E-state index in [4.69, 9.17) is 18.0 Å². The zero-order chi connectivity index (χ0) is 12.3. The second-order valence-electron chi connectivity index (χ2n) is 3.53. The first-order valence-electron chi connectivity index (χ1n) is 4.75. The van der Waals surface area contributed by atoms with Crippen LogP contribution in [-0.4, -0.2) is 27.9 Å². The fourth-order valence-electron chi connectivity index (χ4n) is 1.46. The van der Waals surface area contributed by atoms with Gasteiger partial charge in [0.05, 0.1) is 0 Å². The highest BCUT2D eigenvalue weighted by Crippen LogP contribution is 2.23. The molecule has 1 rings (SSSR count). The lowest BCUT2D eigenvalue weighted by molar-refractivity contribution is -0.128.